The molecule has 1 fully saturated rings. The molecule has 5 rings (SSSR count). The van der Waals surface area contributed by atoms with Gasteiger partial charge in [0.25, 0.3) is 5.91 Å². The highest BCUT2D eigenvalue weighted by Crippen LogP contribution is 2.35. The highest BCUT2D eigenvalue weighted by atomic mass is 16.5. The second-order valence-corrected chi connectivity index (χ2v) is 8.17. The first-order valence-corrected chi connectivity index (χ1v) is 10.9. The molecule has 1 saturated heterocycles. The minimum atomic E-state index is -0.220. The monoisotopic (exact) mass is 413 g/mol. The lowest BCUT2D eigenvalue weighted by Crippen LogP contribution is -2.46. The highest BCUT2D eigenvalue weighted by molar-refractivity contribution is 6.01. The van der Waals surface area contributed by atoms with E-state index >= 15 is 0 Å². The molecule has 1 N–H and O–H groups in total. The molecule has 1 amide bonds. The van der Waals surface area contributed by atoms with Crippen LogP contribution in [0.25, 0.3) is 0 Å². The van der Waals surface area contributed by atoms with Crippen LogP contribution in [0.5, 0.6) is 0 Å². The molecule has 0 aliphatic carbocycles. The van der Waals surface area contributed by atoms with Crippen LogP contribution < -0.4 is 10.2 Å². The van der Waals surface area contributed by atoms with E-state index in [-0.39, 0.29) is 18.2 Å². The fourth-order valence-corrected chi connectivity index (χ4v) is 4.43. The number of nitrogens with one attached hydrogen (secondary N) is 1. The maximum Gasteiger partial charge on any atom is 0.257 e. The van der Waals surface area contributed by atoms with Gasteiger partial charge in [-0.15, -0.1) is 0 Å². The van der Waals surface area contributed by atoms with Crippen LogP contribution in [0, 0.1) is 0 Å². The van der Waals surface area contributed by atoms with Crippen molar-refractivity contribution in [3.8, 4) is 0 Å². The number of hydrogen-bond donors (Lipinski definition) is 1. The number of rotatable bonds is 5. The maximum atomic E-state index is 13.4. The molecule has 0 aromatic heterocycles. The Hall–Kier alpha value is -3.31. The lowest BCUT2D eigenvalue weighted by Gasteiger charge is -2.39. The number of fused-ring (bicyclic) bond motifs is 1. The van der Waals surface area contributed by atoms with Crippen LogP contribution in [0.4, 0.5) is 17.1 Å². The third-order valence-corrected chi connectivity index (χ3v) is 6.19. The smallest absolute Gasteiger partial charge is 0.257 e. The minimum absolute atomic E-state index is 0.0559. The first kappa shape index (κ1) is 19.6. The van der Waals surface area contributed by atoms with Crippen molar-refractivity contribution in [2.45, 2.75) is 25.1 Å². The van der Waals surface area contributed by atoms with Crippen molar-refractivity contribution >= 4 is 23.0 Å². The molecule has 0 spiro atoms. The Morgan fingerprint density at radius 2 is 1.68 bits per heavy atom. The Bertz CT molecular complexity index is 1050. The van der Waals surface area contributed by atoms with Crippen LogP contribution in [0.1, 0.15) is 34.9 Å². The topological polar surface area (TPSA) is 44.8 Å². The van der Waals surface area contributed by atoms with Crippen LogP contribution in [0.3, 0.4) is 0 Å². The van der Waals surface area contributed by atoms with Crippen molar-refractivity contribution in [3.63, 3.8) is 0 Å². The molecule has 2 aliphatic rings. The number of benzene rings is 3. The van der Waals surface area contributed by atoms with Crippen molar-refractivity contribution in [2.24, 2.45) is 0 Å². The van der Waals surface area contributed by atoms with Crippen LogP contribution in [0.15, 0.2) is 78.9 Å². The Kier molecular flexibility index (Phi) is 5.35. The standard InChI is InChI=1S/C26H27N3O2/c1-28(20-8-3-2-4-9-20)21-15-13-19(14-16-21)25-27-24-12-6-5-11-23(24)26(30)29(25)18-22-10-7-17-31-22/h2-6,8-9,11-16,22,25,27H,7,10,17-18H2,1H3/t22-,25-/m1/s1. The van der Waals surface area contributed by atoms with E-state index in [9.17, 15) is 4.79 Å². The first-order chi connectivity index (χ1) is 15.2. The summed E-state index contributed by atoms with van der Waals surface area (Å²) in [4.78, 5) is 17.5. The van der Waals surface area contributed by atoms with E-state index in [0.717, 1.165) is 47.6 Å². The molecule has 5 heteroatoms. The molecular formula is C26H27N3O2. The van der Waals surface area contributed by atoms with Gasteiger partial charge in [-0.05, 0) is 54.8 Å². The number of anilines is 3. The van der Waals surface area contributed by atoms with Gasteiger partial charge in [-0.1, -0.05) is 42.5 Å². The number of carbonyl (C=O) groups is 1. The fourth-order valence-electron chi connectivity index (χ4n) is 4.43. The molecule has 0 saturated carbocycles. The van der Waals surface area contributed by atoms with E-state index in [1.165, 1.54) is 0 Å². The SMILES string of the molecule is CN(c1ccccc1)c1ccc([C@@H]2Nc3ccccc3C(=O)N2C[C@H]2CCCO2)cc1. The number of nitrogens with zero attached hydrogens (tertiary/aromatic N) is 2. The second kappa shape index (κ2) is 8.44. The molecule has 0 bridgehead atoms. The van der Waals surface area contributed by atoms with Gasteiger partial charge in [0.05, 0.1) is 11.7 Å². The van der Waals surface area contributed by atoms with Crippen LogP contribution in [-0.2, 0) is 4.74 Å². The Morgan fingerprint density at radius 3 is 2.42 bits per heavy atom. The van der Waals surface area contributed by atoms with Crippen molar-refractivity contribution in [1.29, 1.82) is 0 Å². The van der Waals surface area contributed by atoms with E-state index in [0.29, 0.717) is 6.54 Å². The van der Waals surface area contributed by atoms with Crippen LogP contribution in [0.2, 0.25) is 0 Å². The summed E-state index contributed by atoms with van der Waals surface area (Å²) in [6, 6.07) is 26.5. The normalized spacial score (nSPS) is 20.3. The zero-order chi connectivity index (χ0) is 21.2. The van der Waals surface area contributed by atoms with Crippen molar-refractivity contribution in [1.82, 2.24) is 4.90 Å². The van der Waals surface area contributed by atoms with Gasteiger partial charge in [-0.3, -0.25) is 4.79 Å². The molecule has 158 valence electrons. The number of para-hydroxylation sites is 2. The lowest BCUT2D eigenvalue weighted by atomic mass is 10.0. The predicted octanol–water partition coefficient (Wildman–Crippen LogP) is 5.20. The van der Waals surface area contributed by atoms with Gasteiger partial charge in [0, 0.05) is 37.3 Å². The zero-order valence-electron chi connectivity index (χ0n) is 17.7. The largest absolute Gasteiger partial charge is 0.376 e. The molecule has 2 aliphatic heterocycles. The molecule has 0 unspecified atom stereocenters. The van der Waals surface area contributed by atoms with E-state index in [1.807, 2.05) is 47.4 Å². The number of hydrogen-bond acceptors (Lipinski definition) is 4. The summed E-state index contributed by atoms with van der Waals surface area (Å²) >= 11 is 0. The van der Waals surface area contributed by atoms with Crippen molar-refractivity contribution in [3.05, 3.63) is 90.0 Å². The fraction of sp³-hybridized carbons (Fsp3) is 0.269. The van der Waals surface area contributed by atoms with Gasteiger partial charge in [-0.25, -0.2) is 0 Å². The summed E-state index contributed by atoms with van der Waals surface area (Å²) < 4.78 is 5.85. The molecule has 3 aromatic carbocycles. The third kappa shape index (κ3) is 3.89. The molecule has 2 atom stereocenters. The lowest BCUT2D eigenvalue weighted by molar-refractivity contribution is 0.0427. The summed E-state index contributed by atoms with van der Waals surface area (Å²) in [5.74, 6) is 0.0559. The molecule has 31 heavy (non-hydrogen) atoms. The number of ether oxygens (including phenoxy) is 1. The maximum absolute atomic E-state index is 13.4. The number of carbonyl (C=O) groups excluding carboxylic acids is 1. The second-order valence-electron chi connectivity index (χ2n) is 8.17. The van der Waals surface area contributed by atoms with E-state index < -0.39 is 0 Å². The van der Waals surface area contributed by atoms with Crippen LogP contribution >= 0.6 is 0 Å². The molecule has 3 aromatic rings. The Balaban J connectivity index is 1.44. The van der Waals surface area contributed by atoms with E-state index in [2.05, 4.69) is 53.7 Å². The minimum Gasteiger partial charge on any atom is -0.376 e. The van der Waals surface area contributed by atoms with Crippen molar-refractivity contribution in [2.75, 3.05) is 30.4 Å². The first-order valence-electron chi connectivity index (χ1n) is 10.9. The Labute approximate surface area is 183 Å². The van der Waals surface area contributed by atoms with Gasteiger partial charge >= 0.3 is 0 Å². The molecule has 0 radical (unpaired) electrons. The average molecular weight is 414 g/mol. The van der Waals surface area contributed by atoms with Gasteiger partial charge < -0.3 is 19.9 Å². The predicted molar refractivity (Wildman–Crippen MR) is 124 cm³/mol. The van der Waals surface area contributed by atoms with E-state index in [4.69, 9.17) is 4.74 Å². The quantitative estimate of drug-likeness (QED) is 0.624. The summed E-state index contributed by atoms with van der Waals surface area (Å²) in [7, 11) is 2.06. The van der Waals surface area contributed by atoms with Gasteiger partial charge in [0.1, 0.15) is 6.17 Å². The molecule has 5 nitrogen and oxygen atoms in total. The molecular weight excluding hydrogens is 386 g/mol. The highest BCUT2D eigenvalue weighted by Gasteiger charge is 2.35. The van der Waals surface area contributed by atoms with Gasteiger partial charge in [-0.2, -0.15) is 0 Å². The Morgan fingerprint density at radius 1 is 0.968 bits per heavy atom. The van der Waals surface area contributed by atoms with Crippen molar-refractivity contribution < 1.29 is 9.53 Å². The molecule has 2 heterocycles. The summed E-state index contributed by atoms with van der Waals surface area (Å²) in [6.07, 6.45) is 1.94. The van der Waals surface area contributed by atoms with Crippen LogP contribution in [-0.4, -0.2) is 37.1 Å². The summed E-state index contributed by atoms with van der Waals surface area (Å²) in [5.41, 5.74) is 4.90. The number of amides is 1. The van der Waals surface area contributed by atoms with E-state index in [1.54, 1.807) is 0 Å². The summed E-state index contributed by atoms with van der Waals surface area (Å²) in [6.45, 7) is 1.37. The zero-order valence-corrected chi connectivity index (χ0v) is 17.7. The van der Waals surface area contributed by atoms with Gasteiger partial charge in [0.2, 0.25) is 0 Å². The van der Waals surface area contributed by atoms with Gasteiger partial charge in [0.15, 0.2) is 0 Å². The third-order valence-electron chi connectivity index (χ3n) is 6.19. The summed E-state index contributed by atoms with van der Waals surface area (Å²) in [5, 5.41) is 3.58. The average Bonchev–Trinajstić information content (AvgIpc) is 3.34.